The molecule has 1 aliphatic heterocycles. The van der Waals surface area contributed by atoms with Crippen LogP contribution in [-0.2, 0) is 16.0 Å². The zero-order chi connectivity index (χ0) is 12.3. The largest absolute Gasteiger partial charge is 0.307 e. The highest BCUT2D eigenvalue weighted by Crippen LogP contribution is 2.40. The monoisotopic (exact) mass is 244 g/mol. The van der Waals surface area contributed by atoms with E-state index in [1.54, 1.807) is 11.8 Å². The Morgan fingerprint density at radius 2 is 1.94 bits per heavy atom. The quantitative estimate of drug-likeness (QED) is 0.703. The third-order valence-corrected chi connectivity index (χ3v) is 3.99. The number of rotatable bonds is 0. The number of carbonyl (C=O) groups excluding carboxylic acids is 2. The SMILES string of the molecule is C=O.O=C1CC=CC2=C1Cc1ccccc1S2. The maximum absolute atomic E-state index is 11.7. The minimum Gasteiger partial charge on any atom is -0.307 e. The molecule has 2 nitrogen and oxygen atoms in total. The van der Waals surface area contributed by atoms with Crippen molar-refractivity contribution in [2.75, 3.05) is 0 Å². The van der Waals surface area contributed by atoms with Crippen LogP contribution in [0.3, 0.4) is 0 Å². The van der Waals surface area contributed by atoms with Gasteiger partial charge in [-0.05, 0) is 11.6 Å². The Morgan fingerprint density at radius 1 is 1.18 bits per heavy atom. The molecule has 2 aliphatic rings. The number of fused-ring (bicyclic) bond motifs is 1. The molecule has 86 valence electrons. The van der Waals surface area contributed by atoms with Crippen molar-refractivity contribution in [1.29, 1.82) is 0 Å². The Hall–Kier alpha value is -1.61. The van der Waals surface area contributed by atoms with Crippen LogP contribution in [-0.4, -0.2) is 12.6 Å². The Kier molecular flexibility index (Phi) is 3.59. The van der Waals surface area contributed by atoms with Crippen LogP contribution in [0, 0.1) is 0 Å². The number of ketones is 1. The van der Waals surface area contributed by atoms with E-state index in [0.29, 0.717) is 6.42 Å². The molecule has 0 radical (unpaired) electrons. The standard InChI is InChI=1S/C13H10OS.CH2O/c14-11-5-3-7-13-10(11)8-9-4-1-2-6-12(9)15-13;1-2/h1-4,6-7H,5,8H2;1H2. The van der Waals surface area contributed by atoms with Gasteiger partial charge in [0.25, 0.3) is 0 Å². The van der Waals surface area contributed by atoms with Crippen molar-refractivity contribution >= 4 is 24.3 Å². The van der Waals surface area contributed by atoms with Gasteiger partial charge in [0.2, 0.25) is 0 Å². The molecule has 0 amide bonds. The molecule has 0 atom stereocenters. The normalized spacial score (nSPS) is 16.8. The molecule has 1 heterocycles. The van der Waals surface area contributed by atoms with Crippen LogP contribution >= 0.6 is 11.8 Å². The first-order chi connectivity index (χ1) is 8.34. The number of hydrogen-bond donors (Lipinski definition) is 0. The molecule has 0 aromatic heterocycles. The maximum Gasteiger partial charge on any atom is 0.164 e. The van der Waals surface area contributed by atoms with Crippen molar-refractivity contribution in [3.63, 3.8) is 0 Å². The molecule has 3 heteroatoms. The van der Waals surface area contributed by atoms with E-state index in [9.17, 15) is 4.79 Å². The van der Waals surface area contributed by atoms with Gasteiger partial charge < -0.3 is 4.79 Å². The van der Waals surface area contributed by atoms with Crippen LogP contribution in [0.2, 0.25) is 0 Å². The third kappa shape index (κ3) is 2.24. The minimum absolute atomic E-state index is 0.287. The van der Waals surface area contributed by atoms with E-state index in [1.807, 2.05) is 25.0 Å². The molecule has 0 N–H and O–H groups in total. The lowest BCUT2D eigenvalue weighted by Gasteiger charge is -2.21. The van der Waals surface area contributed by atoms with Crippen molar-refractivity contribution in [2.45, 2.75) is 17.7 Å². The van der Waals surface area contributed by atoms with Crippen molar-refractivity contribution < 1.29 is 9.59 Å². The fourth-order valence-corrected chi connectivity index (χ4v) is 3.10. The van der Waals surface area contributed by atoms with Crippen LogP contribution in [0.15, 0.2) is 51.8 Å². The zero-order valence-electron chi connectivity index (χ0n) is 9.31. The summed E-state index contributed by atoms with van der Waals surface area (Å²) >= 11 is 1.72. The smallest absolute Gasteiger partial charge is 0.164 e. The molecule has 0 spiro atoms. The second-order valence-corrected chi connectivity index (χ2v) is 4.84. The molecule has 0 fully saturated rings. The molecular formula is C14H12O2S. The van der Waals surface area contributed by atoms with E-state index >= 15 is 0 Å². The average molecular weight is 244 g/mol. The van der Waals surface area contributed by atoms with E-state index in [1.165, 1.54) is 10.5 Å². The van der Waals surface area contributed by atoms with Crippen molar-refractivity contribution in [2.24, 2.45) is 0 Å². The summed E-state index contributed by atoms with van der Waals surface area (Å²) in [6.07, 6.45) is 5.42. The van der Waals surface area contributed by atoms with Crippen molar-refractivity contribution in [3.8, 4) is 0 Å². The van der Waals surface area contributed by atoms with E-state index in [-0.39, 0.29) is 5.78 Å². The van der Waals surface area contributed by atoms with E-state index in [4.69, 9.17) is 4.79 Å². The molecule has 0 unspecified atom stereocenters. The predicted octanol–water partition coefficient (Wildman–Crippen LogP) is 2.93. The van der Waals surface area contributed by atoms with Crippen LogP contribution in [0.25, 0.3) is 0 Å². The van der Waals surface area contributed by atoms with Gasteiger partial charge in [0.05, 0.1) is 0 Å². The molecule has 0 saturated heterocycles. The number of hydrogen-bond acceptors (Lipinski definition) is 3. The third-order valence-electron chi connectivity index (χ3n) is 2.77. The van der Waals surface area contributed by atoms with Gasteiger partial charge >= 0.3 is 0 Å². The highest BCUT2D eigenvalue weighted by molar-refractivity contribution is 8.03. The molecule has 1 aromatic rings. The summed E-state index contributed by atoms with van der Waals surface area (Å²) in [7, 11) is 0. The second kappa shape index (κ2) is 5.15. The number of carbonyl (C=O) groups is 2. The zero-order valence-corrected chi connectivity index (χ0v) is 10.1. The van der Waals surface area contributed by atoms with Gasteiger partial charge in [-0.15, -0.1) is 0 Å². The molecule has 1 aromatic carbocycles. The second-order valence-electron chi connectivity index (χ2n) is 3.76. The van der Waals surface area contributed by atoms with Crippen LogP contribution in [0.5, 0.6) is 0 Å². The molecule has 17 heavy (non-hydrogen) atoms. The number of allylic oxidation sites excluding steroid dienone is 3. The van der Waals surface area contributed by atoms with Crippen molar-refractivity contribution in [1.82, 2.24) is 0 Å². The fraction of sp³-hybridized carbons (Fsp3) is 0.143. The molecule has 1 aliphatic carbocycles. The van der Waals surface area contributed by atoms with Gasteiger partial charge in [0.1, 0.15) is 6.79 Å². The number of thioether (sulfide) groups is 1. The highest BCUT2D eigenvalue weighted by atomic mass is 32.2. The molecule has 0 bridgehead atoms. The summed E-state index contributed by atoms with van der Waals surface area (Å²) in [5.74, 6) is 0.287. The lowest BCUT2D eigenvalue weighted by atomic mass is 9.96. The van der Waals surface area contributed by atoms with Crippen molar-refractivity contribution in [3.05, 3.63) is 52.5 Å². The first kappa shape index (κ1) is 11.9. The summed E-state index contributed by atoms with van der Waals surface area (Å²) in [6, 6.07) is 8.31. The maximum atomic E-state index is 11.7. The Bertz CT molecular complexity index is 515. The van der Waals surface area contributed by atoms with Crippen LogP contribution in [0.4, 0.5) is 0 Å². The minimum atomic E-state index is 0.287. The molecule has 0 saturated carbocycles. The Morgan fingerprint density at radius 3 is 2.76 bits per heavy atom. The van der Waals surface area contributed by atoms with Crippen LogP contribution < -0.4 is 0 Å². The summed E-state index contributed by atoms with van der Waals surface area (Å²) < 4.78 is 0. The summed E-state index contributed by atoms with van der Waals surface area (Å²) in [4.78, 5) is 22.1. The Labute approximate surface area is 104 Å². The fourth-order valence-electron chi connectivity index (χ4n) is 1.97. The average Bonchev–Trinajstić information content (AvgIpc) is 2.40. The summed E-state index contributed by atoms with van der Waals surface area (Å²) in [5, 5.41) is 0. The van der Waals surface area contributed by atoms with Gasteiger partial charge in [-0.1, -0.05) is 42.1 Å². The van der Waals surface area contributed by atoms with E-state index in [2.05, 4.69) is 18.2 Å². The van der Waals surface area contributed by atoms with Gasteiger partial charge in [-0.3, -0.25) is 4.79 Å². The number of benzene rings is 1. The Balaban J connectivity index is 0.000000514. The van der Waals surface area contributed by atoms with Gasteiger partial charge in [-0.2, -0.15) is 0 Å². The highest BCUT2D eigenvalue weighted by Gasteiger charge is 2.23. The summed E-state index contributed by atoms with van der Waals surface area (Å²) in [5.41, 5.74) is 2.28. The van der Waals surface area contributed by atoms with Gasteiger partial charge in [-0.25, -0.2) is 0 Å². The van der Waals surface area contributed by atoms with Crippen LogP contribution in [0.1, 0.15) is 12.0 Å². The first-order valence-corrected chi connectivity index (χ1v) is 6.14. The predicted molar refractivity (Wildman–Crippen MR) is 68.9 cm³/mol. The lowest BCUT2D eigenvalue weighted by Crippen LogP contribution is -2.12. The molecular weight excluding hydrogens is 232 g/mol. The number of Topliss-reactive ketones (excluding diaryl/α,β-unsaturated/α-hetero) is 1. The van der Waals surface area contributed by atoms with E-state index < -0.39 is 0 Å². The first-order valence-electron chi connectivity index (χ1n) is 5.32. The van der Waals surface area contributed by atoms with Gasteiger partial charge in [0.15, 0.2) is 5.78 Å². The van der Waals surface area contributed by atoms with Gasteiger partial charge in [0, 0.05) is 28.2 Å². The topological polar surface area (TPSA) is 34.1 Å². The summed E-state index contributed by atoms with van der Waals surface area (Å²) in [6.45, 7) is 2.00. The lowest BCUT2D eigenvalue weighted by molar-refractivity contribution is -0.115. The van der Waals surface area contributed by atoms with E-state index in [0.717, 1.165) is 16.9 Å². The molecule has 3 rings (SSSR count).